The summed E-state index contributed by atoms with van der Waals surface area (Å²) in [6.45, 7) is 0. The standard InChI is InChI=1S/C13H18N6O5S/c14-5(13(22)23)1-25-2-6-8(20)9(21)12(24-6)19-4-18-7-10(15)16-3-17-11(7)19/h3-6,8-9,12,20-21H,1-2,14H2,(H,22,23)(H2,15,16,17)/t5?,6-,8-,9-,12-/m1/s1. The number of carboxylic acids is 1. The van der Waals surface area contributed by atoms with E-state index < -0.39 is 36.6 Å². The summed E-state index contributed by atoms with van der Waals surface area (Å²) < 4.78 is 7.21. The molecule has 3 heterocycles. The smallest absolute Gasteiger partial charge is 0.321 e. The molecule has 3 rings (SSSR count). The fourth-order valence-electron chi connectivity index (χ4n) is 2.54. The molecule has 1 saturated heterocycles. The zero-order valence-electron chi connectivity index (χ0n) is 13.0. The number of ether oxygens (including phenoxy) is 1. The van der Waals surface area contributed by atoms with E-state index in [1.807, 2.05) is 0 Å². The Bertz CT molecular complexity index is 772. The molecule has 25 heavy (non-hydrogen) atoms. The Balaban J connectivity index is 1.71. The van der Waals surface area contributed by atoms with E-state index in [0.717, 1.165) is 0 Å². The summed E-state index contributed by atoms with van der Waals surface area (Å²) in [7, 11) is 0. The molecule has 1 unspecified atom stereocenters. The van der Waals surface area contributed by atoms with E-state index in [1.54, 1.807) is 0 Å². The lowest BCUT2D eigenvalue weighted by Gasteiger charge is -2.16. The van der Waals surface area contributed by atoms with E-state index in [1.165, 1.54) is 29.0 Å². The van der Waals surface area contributed by atoms with Gasteiger partial charge in [-0.15, -0.1) is 0 Å². The van der Waals surface area contributed by atoms with Gasteiger partial charge in [-0.1, -0.05) is 0 Å². The number of hydrogen-bond donors (Lipinski definition) is 5. The van der Waals surface area contributed by atoms with Gasteiger partial charge in [0.15, 0.2) is 17.7 Å². The Morgan fingerprint density at radius 3 is 2.84 bits per heavy atom. The van der Waals surface area contributed by atoms with Crippen molar-refractivity contribution in [1.82, 2.24) is 19.5 Å². The van der Waals surface area contributed by atoms with Crippen molar-refractivity contribution < 1.29 is 24.9 Å². The molecule has 1 aliphatic rings. The first-order valence-corrected chi connectivity index (χ1v) is 8.56. The Labute approximate surface area is 146 Å². The lowest BCUT2D eigenvalue weighted by atomic mass is 10.1. The van der Waals surface area contributed by atoms with Crippen LogP contribution in [0.25, 0.3) is 11.2 Å². The molecule has 0 saturated carbocycles. The van der Waals surface area contributed by atoms with Crippen LogP contribution in [0.15, 0.2) is 12.7 Å². The number of carboxylic acid groups (broad SMARTS) is 1. The number of rotatable bonds is 6. The quantitative estimate of drug-likeness (QED) is 0.385. The van der Waals surface area contributed by atoms with Gasteiger partial charge in [0.1, 0.15) is 30.1 Å². The van der Waals surface area contributed by atoms with Gasteiger partial charge in [0.2, 0.25) is 0 Å². The van der Waals surface area contributed by atoms with E-state index in [-0.39, 0.29) is 17.3 Å². The lowest BCUT2D eigenvalue weighted by Crippen LogP contribution is -2.35. The number of aliphatic carboxylic acids is 1. The van der Waals surface area contributed by atoms with Gasteiger partial charge in [0.25, 0.3) is 0 Å². The van der Waals surface area contributed by atoms with Gasteiger partial charge in [0, 0.05) is 11.5 Å². The molecule has 2 aromatic rings. The van der Waals surface area contributed by atoms with E-state index in [0.29, 0.717) is 11.2 Å². The molecule has 0 radical (unpaired) electrons. The van der Waals surface area contributed by atoms with Gasteiger partial charge in [-0.2, -0.15) is 11.8 Å². The highest BCUT2D eigenvalue weighted by molar-refractivity contribution is 7.99. The van der Waals surface area contributed by atoms with Crippen molar-refractivity contribution in [2.75, 3.05) is 17.2 Å². The van der Waals surface area contributed by atoms with E-state index >= 15 is 0 Å². The number of aliphatic hydroxyl groups is 2. The average molecular weight is 370 g/mol. The molecule has 1 fully saturated rings. The third-order valence-electron chi connectivity index (χ3n) is 3.90. The van der Waals surface area contributed by atoms with Gasteiger partial charge < -0.3 is 31.5 Å². The second kappa shape index (κ2) is 7.09. The van der Waals surface area contributed by atoms with Crippen molar-refractivity contribution in [1.29, 1.82) is 0 Å². The summed E-state index contributed by atoms with van der Waals surface area (Å²) in [5.74, 6) is -0.452. The Morgan fingerprint density at radius 2 is 2.12 bits per heavy atom. The molecule has 7 N–H and O–H groups in total. The summed E-state index contributed by atoms with van der Waals surface area (Å²) in [4.78, 5) is 22.7. The fourth-order valence-corrected chi connectivity index (χ4v) is 3.58. The van der Waals surface area contributed by atoms with Crippen LogP contribution < -0.4 is 11.5 Å². The molecular weight excluding hydrogens is 352 g/mol. The summed E-state index contributed by atoms with van der Waals surface area (Å²) in [5, 5.41) is 29.3. The maximum Gasteiger partial charge on any atom is 0.321 e. The number of thioether (sulfide) groups is 1. The van der Waals surface area contributed by atoms with Crippen LogP contribution in [0.2, 0.25) is 0 Å². The van der Waals surface area contributed by atoms with E-state index in [9.17, 15) is 15.0 Å². The Morgan fingerprint density at radius 1 is 1.36 bits per heavy atom. The third kappa shape index (κ3) is 3.39. The third-order valence-corrected chi connectivity index (χ3v) is 5.05. The number of imidazole rings is 1. The Kier molecular flexibility index (Phi) is 5.06. The fraction of sp³-hybridized carbons (Fsp3) is 0.538. The van der Waals surface area contributed by atoms with Crippen molar-refractivity contribution in [3.05, 3.63) is 12.7 Å². The molecule has 0 aromatic carbocycles. The minimum Gasteiger partial charge on any atom is -0.480 e. The van der Waals surface area contributed by atoms with Crippen LogP contribution in [0.3, 0.4) is 0 Å². The van der Waals surface area contributed by atoms with Gasteiger partial charge in [-0.25, -0.2) is 15.0 Å². The molecule has 12 heteroatoms. The molecule has 0 aliphatic carbocycles. The monoisotopic (exact) mass is 370 g/mol. The second-order valence-corrected chi connectivity index (χ2v) is 6.69. The highest BCUT2D eigenvalue weighted by Crippen LogP contribution is 2.33. The van der Waals surface area contributed by atoms with Crippen LogP contribution in [-0.2, 0) is 9.53 Å². The zero-order valence-corrected chi connectivity index (χ0v) is 13.8. The summed E-state index contributed by atoms with van der Waals surface area (Å²) in [5.41, 5.74) is 11.9. The highest BCUT2D eigenvalue weighted by Gasteiger charge is 2.44. The van der Waals surface area contributed by atoms with Gasteiger partial charge in [-0.05, 0) is 0 Å². The second-order valence-electron chi connectivity index (χ2n) is 5.61. The predicted octanol–water partition coefficient (Wildman–Crippen LogP) is -1.83. The molecule has 0 spiro atoms. The molecule has 11 nitrogen and oxygen atoms in total. The number of fused-ring (bicyclic) bond motifs is 1. The summed E-state index contributed by atoms with van der Waals surface area (Å²) in [6, 6.07) is -0.999. The molecule has 1 aliphatic heterocycles. The number of anilines is 1. The van der Waals surface area contributed by atoms with Crippen LogP contribution in [0.1, 0.15) is 6.23 Å². The molecular formula is C13H18N6O5S. The lowest BCUT2D eigenvalue weighted by molar-refractivity contribution is -0.137. The predicted molar refractivity (Wildman–Crippen MR) is 88.6 cm³/mol. The molecule has 5 atom stereocenters. The van der Waals surface area contributed by atoms with Gasteiger partial charge in [-0.3, -0.25) is 9.36 Å². The molecule has 0 amide bonds. The molecule has 0 bridgehead atoms. The van der Waals surface area contributed by atoms with Crippen molar-refractivity contribution in [3.8, 4) is 0 Å². The van der Waals surface area contributed by atoms with E-state index in [2.05, 4.69) is 15.0 Å². The first-order valence-electron chi connectivity index (χ1n) is 7.41. The number of hydrogen-bond acceptors (Lipinski definition) is 10. The topological polar surface area (TPSA) is 183 Å². The maximum atomic E-state index is 10.7. The van der Waals surface area contributed by atoms with Crippen LogP contribution in [0.4, 0.5) is 5.82 Å². The van der Waals surface area contributed by atoms with Crippen LogP contribution in [0, 0.1) is 0 Å². The largest absolute Gasteiger partial charge is 0.480 e. The Hall–Kier alpha value is -1.99. The van der Waals surface area contributed by atoms with Crippen LogP contribution in [-0.4, -0.2) is 76.7 Å². The minimum absolute atomic E-state index is 0.167. The number of nitrogens with zero attached hydrogens (tertiary/aromatic N) is 4. The van der Waals surface area contributed by atoms with Crippen molar-refractivity contribution in [2.24, 2.45) is 5.73 Å². The first-order chi connectivity index (χ1) is 11.9. The minimum atomic E-state index is -1.20. The maximum absolute atomic E-state index is 10.7. The number of aliphatic hydroxyl groups excluding tert-OH is 2. The van der Waals surface area contributed by atoms with Crippen LogP contribution >= 0.6 is 11.8 Å². The molecule has 2 aromatic heterocycles. The SMILES string of the molecule is Nc1ncnc2c1ncn2[C@@H]1O[C@H](CSCC(N)C(=O)O)[C@@H](O)[C@H]1O. The molecule has 136 valence electrons. The number of aromatic nitrogens is 4. The number of carbonyl (C=O) groups is 1. The van der Waals surface area contributed by atoms with Crippen molar-refractivity contribution >= 4 is 34.7 Å². The van der Waals surface area contributed by atoms with Crippen molar-refractivity contribution in [2.45, 2.75) is 30.6 Å². The van der Waals surface area contributed by atoms with Gasteiger partial charge >= 0.3 is 5.97 Å². The first kappa shape index (κ1) is 17.8. The van der Waals surface area contributed by atoms with E-state index in [4.69, 9.17) is 21.3 Å². The number of nitrogen functional groups attached to an aromatic ring is 1. The zero-order chi connectivity index (χ0) is 18.1. The average Bonchev–Trinajstić information content (AvgIpc) is 3.12. The summed E-state index contributed by atoms with van der Waals surface area (Å²) in [6.07, 6.45) is -1.25. The number of nitrogens with two attached hydrogens (primary N) is 2. The van der Waals surface area contributed by atoms with Gasteiger partial charge in [0.05, 0.1) is 12.4 Å². The normalized spacial score (nSPS) is 27.6. The summed E-state index contributed by atoms with van der Waals surface area (Å²) >= 11 is 1.23. The van der Waals surface area contributed by atoms with Crippen molar-refractivity contribution in [3.63, 3.8) is 0 Å². The highest BCUT2D eigenvalue weighted by atomic mass is 32.2. The van der Waals surface area contributed by atoms with Crippen LogP contribution in [0.5, 0.6) is 0 Å².